The van der Waals surface area contributed by atoms with Crippen LogP contribution in [0, 0.1) is 26.7 Å². The number of nitrogens with one attached hydrogen (secondary N) is 1. The van der Waals surface area contributed by atoms with E-state index in [1.165, 1.54) is 4.31 Å². The van der Waals surface area contributed by atoms with E-state index in [1.54, 1.807) is 12.3 Å². The maximum atomic E-state index is 13.2. The lowest BCUT2D eigenvalue weighted by atomic mass is 9.97. The van der Waals surface area contributed by atoms with Crippen LogP contribution in [-0.2, 0) is 14.8 Å². The number of pyridine rings is 1. The molecule has 150 valence electrons. The van der Waals surface area contributed by atoms with Gasteiger partial charge in [0.05, 0.1) is 4.90 Å². The number of aryl methyl sites for hydroxylation is 3. The normalized spacial score (nSPS) is 16.1. The van der Waals surface area contributed by atoms with Crippen molar-refractivity contribution in [2.75, 3.05) is 18.4 Å². The van der Waals surface area contributed by atoms with Gasteiger partial charge in [-0.3, -0.25) is 4.79 Å². The molecule has 0 radical (unpaired) electrons. The molecule has 2 heterocycles. The number of sulfonamides is 1. The fourth-order valence-electron chi connectivity index (χ4n) is 3.74. The minimum atomic E-state index is -3.57. The van der Waals surface area contributed by atoms with Crippen molar-refractivity contribution in [2.24, 2.45) is 5.92 Å². The van der Waals surface area contributed by atoms with Crippen LogP contribution in [0.25, 0.3) is 0 Å². The van der Waals surface area contributed by atoms with E-state index in [1.807, 2.05) is 39.0 Å². The molecule has 1 saturated heterocycles. The van der Waals surface area contributed by atoms with Crippen LogP contribution < -0.4 is 5.32 Å². The molecular weight excluding hydrogens is 442 g/mol. The molecule has 0 spiro atoms. The molecule has 0 bridgehead atoms. The first kappa shape index (κ1) is 21.0. The first-order valence-electron chi connectivity index (χ1n) is 9.19. The highest BCUT2D eigenvalue weighted by molar-refractivity contribution is 9.10. The Morgan fingerprint density at radius 2 is 1.75 bits per heavy atom. The molecule has 0 aliphatic carbocycles. The number of amides is 1. The smallest absolute Gasteiger partial charge is 0.243 e. The Kier molecular flexibility index (Phi) is 6.21. The highest BCUT2D eigenvalue weighted by Gasteiger charge is 2.33. The number of piperidine rings is 1. The predicted octanol–water partition coefficient (Wildman–Crippen LogP) is 3.81. The Morgan fingerprint density at radius 3 is 2.29 bits per heavy atom. The van der Waals surface area contributed by atoms with Crippen LogP contribution in [0.1, 0.15) is 29.5 Å². The van der Waals surface area contributed by atoms with Crippen molar-refractivity contribution < 1.29 is 13.2 Å². The topological polar surface area (TPSA) is 79.4 Å². The predicted molar refractivity (Wildman–Crippen MR) is 113 cm³/mol. The molecule has 0 saturated carbocycles. The van der Waals surface area contributed by atoms with Crippen molar-refractivity contribution in [1.29, 1.82) is 0 Å². The lowest BCUT2D eigenvalue weighted by molar-refractivity contribution is -0.120. The average Bonchev–Trinajstić information content (AvgIpc) is 2.62. The van der Waals surface area contributed by atoms with Crippen LogP contribution in [0.15, 0.2) is 39.8 Å². The fraction of sp³-hybridized carbons (Fsp3) is 0.400. The first-order chi connectivity index (χ1) is 13.2. The Labute approximate surface area is 174 Å². The molecule has 1 fully saturated rings. The molecular formula is C20H24BrN3O3S. The molecule has 0 atom stereocenters. The van der Waals surface area contributed by atoms with Gasteiger partial charge in [0.25, 0.3) is 0 Å². The van der Waals surface area contributed by atoms with Gasteiger partial charge in [-0.05, 0) is 72.8 Å². The maximum Gasteiger partial charge on any atom is 0.243 e. The summed E-state index contributed by atoms with van der Waals surface area (Å²) >= 11 is 3.31. The number of carbonyl (C=O) groups is 1. The number of benzene rings is 1. The zero-order valence-corrected chi connectivity index (χ0v) is 18.6. The van der Waals surface area contributed by atoms with Gasteiger partial charge < -0.3 is 5.32 Å². The second kappa shape index (κ2) is 8.31. The van der Waals surface area contributed by atoms with Gasteiger partial charge in [0.2, 0.25) is 15.9 Å². The molecule has 6 nitrogen and oxygen atoms in total. The minimum absolute atomic E-state index is 0.116. The number of hydrogen-bond donors (Lipinski definition) is 1. The lowest BCUT2D eigenvalue weighted by Crippen LogP contribution is -2.41. The molecule has 0 unspecified atom stereocenters. The average molecular weight is 466 g/mol. The summed E-state index contributed by atoms with van der Waals surface area (Å²) in [5, 5.41) is 2.81. The summed E-state index contributed by atoms with van der Waals surface area (Å²) < 4.78 is 28.6. The van der Waals surface area contributed by atoms with Crippen LogP contribution in [0.2, 0.25) is 0 Å². The molecule has 1 aliphatic heterocycles. The summed E-state index contributed by atoms with van der Waals surface area (Å²) in [5.41, 5.74) is 2.57. The second-order valence-corrected chi connectivity index (χ2v) is 10.0. The maximum absolute atomic E-state index is 13.2. The van der Waals surface area contributed by atoms with Crippen LogP contribution in [-0.4, -0.2) is 36.7 Å². The molecule has 8 heteroatoms. The molecule has 1 N–H and O–H groups in total. The van der Waals surface area contributed by atoms with Crippen molar-refractivity contribution >= 4 is 37.7 Å². The van der Waals surface area contributed by atoms with Crippen molar-refractivity contribution in [2.45, 2.75) is 38.5 Å². The largest absolute Gasteiger partial charge is 0.310 e. The van der Waals surface area contributed by atoms with E-state index in [4.69, 9.17) is 0 Å². The van der Waals surface area contributed by atoms with Gasteiger partial charge in [0.1, 0.15) is 5.82 Å². The molecule has 28 heavy (non-hydrogen) atoms. The number of nitrogens with zero attached hydrogens (tertiary/aromatic N) is 2. The van der Waals surface area contributed by atoms with E-state index in [-0.39, 0.29) is 11.8 Å². The van der Waals surface area contributed by atoms with E-state index in [2.05, 4.69) is 26.2 Å². The summed E-state index contributed by atoms with van der Waals surface area (Å²) in [6.07, 6.45) is 2.61. The Balaban J connectivity index is 1.68. The van der Waals surface area contributed by atoms with E-state index >= 15 is 0 Å². The van der Waals surface area contributed by atoms with Crippen LogP contribution >= 0.6 is 15.9 Å². The molecule has 1 aromatic heterocycles. The van der Waals surface area contributed by atoms with Crippen molar-refractivity contribution in [3.05, 3.63) is 51.6 Å². The van der Waals surface area contributed by atoms with Gasteiger partial charge in [-0.25, -0.2) is 13.4 Å². The van der Waals surface area contributed by atoms with Gasteiger partial charge in [-0.15, -0.1) is 0 Å². The van der Waals surface area contributed by atoms with Gasteiger partial charge in [0, 0.05) is 29.7 Å². The number of aromatic nitrogens is 1. The number of hydrogen-bond acceptors (Lipinski definition) is 4. The first-order valence-corrected chi connectivity index (χ1v) is 11.4. The molecule has 1 aliphatic rings. The van der Waals surface area contributed by atoms with Crippen LogP contribution in [0.3, 0.4) is 0 Å². The van der Waals surface area contributed by atoms with E-state index in [0.29, 0.717) is 36.6 Å². The van der Waals surface area contributed by atoms with Crippen molar-refractivity contribution in [3.8, 4) is 0 Å². The number of anilines is 1. The molecule has 3 rings (SSSR count). The van der Waals surface area contributed by atoms with E-state index < -0.39 is 10.0 Å². The zero-order valence-electron chi connectivity index (χ0n) is 16.2. The third-order valence-corrected chi connectivity index (χ3v) is 7.68. The van der Waals surface area contributed by atoms with E-state index in [9.17, 15) is 13.2 Å². The number of carbonyl (C=O) groups excluding carboxylic acids is 1. The Morgan fingerprint density at radius 1 is 1.14 bits per heavy atom. The molecule has 1 aromatic carbocycles. The van der Waals surface area contributed by atoms with Gasteiger partial charge in [-0.1, -0.05) is 17.7 Å². The van der Waals surface area contributed by atoms with Crippen molar-refractivity contribution in [1.82, 2.24) is 9.29 Å². The van der Waals surface area contributed by atoms with Gasteiger partial charge >= 0.3 is 0 Å². The van der Waals surface area contributed by atoms with Gasteiger partial charge in [-0.2, -0.15) is 4.31 Å². The Bertz CT molecular complexity index is 959. The minimum Gasteiger partial charge on any atom is -0.310 e. The third-order valence-electron chi connectivity index (χ3n) is 5.01. The summed E-state index contributed by atoms with van der Waals surface area (Å²) in [5.74, 6) is 0.154. The number of rotatable bonds is 4. The van der Waals surface area contributed by atoms with Crippen LogP contribution in [0.5, 0.6) is 0 Å². The highest BCUT2D eigenvalue weighted by atomic mass is 79.9. The summed E-state index contributed by atoms with van der Waals surface area (Å²) in [6, 6.07) is 7.32. The van der Waals surface area contributed by atoms with E-state index in [0.717, 1.165) is 21.2 Å². The summed E-state index contributed by atoms with van der Waals surface area (Å²) in [6.45, 7) is 6.29. The monoisotopic (exact) mass is 465 g/mol. The van der Waals surface area contributed by atoms with Gasteiger partial charge in [0.15, 0.2) is 0 Å². The standard InChI is InChI=1S/C20H24BrN3O3S/c1-13-10-14(2)19(15(3)11-13)28(26,27)24-8-6-16(7-9-24)20(25)23-18-5-4-17(21)12-22-18/h4-5,10-12,16H,6-9H2,1-3H3,(H,22,23,25). The lowest BCUT2D eigenvalue weighted by Gasteiger charge is -2.31. The van der Waals surface area contributed by atoms with Crippen molar-refractivity contribution in [3.63, 3.8) is 0 Å². The zero-order chi connectivity index (χ0) is 20.5. The summed E-state index contributed by atoms with van der Waals surface area (Å²) in [4.78, 5) is 17.0. The number of halogens is 1. The SMILES string of the molecule is Cc1cc(C)c(S(=O)(=O)N2CCC(C(=O)Nc3ccc(Br)cn3)CC2)c(C)c1. The summed E-state index contributed by atoms with van der Waals surface area (Å²) in [7, 11) is -3.57. The van der Waals surface area contributed by atoms with Crippen LogP contribution in [0.4, 0.5) is 5.82 Å². The quantitative estimate of drug-likeness (QED) is 0.744. The molecule has 2 aromatic rings. The Hall–Kier alpha value is -1.77. The third kappa shape index (κ3) is 4.45. The second-order valence-electron chi connectivity index (χ2n) is 7.26. The highest BCUT2D eigenvalue weighted by Crippen LogP contribution is 2.29. The molecule has 1 amide bonds. The fourth-order valence-corrected chi connectivity index (χ4v) is 5.86.